The smallest absolute Gasteiger partial charge is 0.322 e. The molecule has 1 fully saturated rings. The van der Waals surface area contributed by atoms with Crippen LogP contribution in [0.25, 0.3) is 11.4 Å². The minimum atomic E-state index is -3.21. The van der Waals surface area contributed by atoms with Gasteiger partial charge in [0, 0.05) is 28.7 Å². The monoisotopic (exact) mass is 438 g/mol. The molecular formula is C18H16Cl2N4O3S. The predicted molar refractivity (Wildman–Crippen MR) is 109 cm³/mol. The zero-order valence-electron chi connectivity index (χ0n) is 14.6. The molecule has 146 valence electrons. The molecule has 0 aliphatic carbocycles. The highest BCUT2D eigenvalue weighted by Crippen LogP contribution is 2.27. The minimum Gasteiger partial charge on any atom is -0.334 e. The van der Waals surface area contributed by atoms with Gasteiger partial charge in [0.05, 0.1) is 11.4 Å². The average molecular weight is 439 g/mol. The summed E-state index contributed by atoms with van der Waals surface area (Å²) in [5.74, 6) is 0.553. The van der Waals surface area contributed by atoms with E-state index in [1.807, 2.05) is 18.2 Å². The van der Waals surface area contributed by atoms with Gasteiger partial charge in [-0.15, -0.1) is 0 Å². The van der Waals surface area contributed by atoms with E-state index in [1.165, 1.54) is 4.31 Å². The lowest BCUT2D eigenvalue weighted by Gasteiger charge is -2.17. The maximum atomic E-state index is 12.1. The van der Waals surface area contributed by atoms with Crippen LogP contribution in [-0.2, 0) is 16.6 Å². The summed E-state index contributed by atoms with van der Waals surface area (Å²) in [5, 5.41) is 7.94. The summed E-state index contributed by atoms with van der Waals surface area (Å²) in [6.45, 7) is 0.911. The van der Waals surface area contributed by atoms with Gasteiger partial charge < -0.3 is 9.84 Å². The molecule has 0 radical (unpaired) electrons. The maximum Gasteiger partial charge on any atom is 0.322 e. The zero-order valence-corrected chi connectivity index (χ0v) is 16.9. The van der Waals surface area contributed by atoms with Crippen LogP contribution in [0.15, 0.2) is 47.0 Å². The van der Waals surface area contributed by atoms with E-state index in [1.54, 1.807) is 24.3 Å². The fourth-order valence-electron chi connectivity index (χ4n) is 3.02. The van der Waals surface area contributed by atoms with Crippen molar-refractivity contribution in [2.45, 2.75) is 13.0 Å². The first kappa shape index (κ1) is 19.0. The van der Waals surface area contributed by atoms with Crippen LogP contribution in [0.1, 0.15) is 12.0 Å². The first-order chi connectivity index (χ1) is 13.4. The summed E-state index contributed by atoms with van der Waals surface area (Å²) >= 11 is 12.0. The Morgan fingerprint density at radius 2 is 1.93 bits per heavy atom. The molecule has 0 saturated carbocycles. The van der Waals surface area contributed by atoms with Gasteiger partial charge in [-0.05, 0) is 42.3 Å². The summed E-state index contributed by atoms with van der Waals surface area (Å²) in [4.78, 5) is 4.29. The summed E-state index contributed by atoms with van der Waals surface area (Å²) in [5.41, 5.74) is 2.21. The molecule has 1 aliphatic heterocycles. The van der Waals surface area contributed by atoms with Crippen molar-refractivity contribution in [2.24, 2.45) is 0 Å². The van der Waals surface area contributed by atoms with E-state index in [-0.39, 0.29) is 11.8 Å². The number of anilines is 2. The molecule has 0 atom stereocenters. The number of aromatic nitrogens is 2. The van der Waals surface area contributed by atoms with Crippen LogP contribution in [-0.4, -0.2) is 30.9 Å². The van der Waals surface area contributed by atoms with Crippen LogP contribution >= 0.6 is 23.2 Å². The van der Waals surface area contributed by atoms with Crippen LogP contribution < -0.4 is 9.62 Å². The van der Waals surface area contributed by atoms with E-state index < -0.39 is 10.0 Å². The molecule has 1 aromatic heterocycles. The van der Waals surface area contributed by atoms with Gasteiger partial charge >= 0.3 is 6.01 Å². The van der Waals surface area contributed by atoms with Gasteiger partial charge in [-0.1, -0.05) is 40.5 Å². The number of nitrogens with zero attached hydrogens (tertiary/aromatic N) is 3. The molecule has 1 N–H and O–H groups in total. The van der Waals surface area contributed by atoms with Gasteiger partial charge in [-0.25, -0.2) is 8.42 Å². The van der Waals surface area contributed by atoms with Crippen LogP contribution in [0.5, 0.6) is 0 Å². The maximum absolute atomic E-state index is 12.1. The van der Waals surface area contributed by atoms with Gasteiger partial charge in [-0.3, -0.25) is 4.31 Å². The Hall–Kier alpha value is -2.29. The number of nitrogens with one attached hydrogen (secondary N) is 1. The van der Waals surface area contributed by atoms with Crippen molar-refractivity contribution < 1.29 is 12.9 Å². The lowest BCUT2D eigenvalue weighted by molar-refractivity contribution is 0.432. The van der Waals surface area contributed by atoms with Crippen molar-refractivity contribution in [3.05, 3.63) is 58.1 Å². The Kier molecular flexibility index (Phi) is 5.18. The van der Waals surface area contributed by atoms with Crippen LogP contribution in [0.2, 0.25) is 10.0 Å². The van der Waals surface area contributed by atoms with E-state index in [0.29, 0.717) is 46.6 Å². The van der Waals surface area contributed by atoms with Crippen LogP contribution in [0.3, 0.4) is 0 Å². The fraction of sp³-hybridized carbons (Fsp3) is 0.222. The summed E-state index contributed by atoms with van der Waals surface area (Å²) in [6, 6.07) is 12.6. The largest absolute Gasteiger partial charge is 0.334 e. The molecular weight excluding hydrogens is 423 g/mol. The molecule has 28 heavy (non-hydrogen) atoms. The molecule has 10 heteroatoms. The summed E-state index contributed by atoms with van der Waals surface area (Å²) in [6.07, 6.45) is 0.642. The molecule has 0 amide bonds. The zero-order chi connectivity index (χ0) is 19.7. The number of benzene rings is 2. The molecule has 0 unspecified atom stereocenters. The second kappa shape index (κ2) is 7.62. The van der Waals surface area contributed by atoms with Gasteiger partial charge in [-0.2, -0.15) is 4.98 Å². The average Bonchev–Trinajstić information content (AvgIpc) is 3.25. The second-order valence-corrected chi connectivity index (χ2v) is 9.23. The SMILES string of the molecule is O=S1(=O)CCCN1c1cccc(CNc2nc(-c3cc(Cl)cc(Cl)c3)no2)c1. The van der Waals surface area contributed by atoms with E-state index in [0.717, 1.165) is 5.56 Å². The van der Waals surface area contributed by atoms with Crippen molar-refractivity contribution in [3.8, 4) is 11.4 Å². The van der Waals surface area contributed by atoms with Crippen molar-refractivity contribution in [1.29, 1.82) is 0 Å². The third kappa shape index (κ3) is 4.09. The normalized spacial score (nSPS) is 15.7. The molecule has 0 bridgehead atoms. The molecule has 4 rings (SSSR count). The molecule has 1 aliphatic rings. The van der Waals surface area contributed by atoms with E-state index in [2.05, 4.69) is 15.5 Å². The lowest BCUT2D eigenvalue weighted by atomic mass is 10.2. The Balaban J connectivity index is 1.47. The first-order valence-corrected chi connectivity index (χ1v) is 10.9. The lowest BCUT2D eigenvalue weighted by Crippen LogP contribution is -2.25. The fourth-order valence-corrected chi connectivity index (χ4v) is 5.11. The minimum absolute atomic E-state index is 0.188. The molecule has 2 heterocycles. The Morgan fingerprint density at radius 1 is 1.14 bits per heavy atom. The first-order valence-electron chi connectivity index (χ1n) is 8.54. The number of sulfonamides is 1. The molecule has 0 spiro atoms. The van der Waals surface area contributed by atoms with Gasteiger partial charge in [0.15, 0.2) is 0 Å². The van der Waals surface area contributed by atoms with E-state index >= 15 is 0 Å². The van der Waals surface area contributed by atoms with E-state index in [9.17, 15) is 8.42 Å². The molecule has 3 aromatic rings. The van der Waals surface area contributed by atoms with Crippen molar-refractivity contribution in [3.63, 3.8) is 0 Å². The number of rotatable bonds is 5. The molecule has 7 nitrogen and oxygen atoms in total. The van der Waals surface area contributed by atoms with Gasteiger partial charge in [0.25, 0.3) is 0 Å². The van der Waals surface area contributed by atoms with Gasteiger partial charge in [0.2, 0.25) is 15.8 Å². The number of halogens is 2. The van der Waals surface area contributed by atoms with Crippen molar-refractivity contribution in [2.75, 3.05) is 21.9 Å². The third-order valence-corrected chi connectivity index (χ3v) is 6.59. The Bertz CT molecular complexity index is 1100. The highest BCUT2D eigenvalue weighted by Gasteiger charge is 2.28. The Labute approximate surface area is 172 Å². The van der Waals surface area contributed by atoms with E-state index in [4.69, 9.17) is 27.7 Å². The van der Waals surface area contributed by atoms with Crippen molar-refractivity contribution >= 4 is 44.9 Å². The topological polar surface area (TPSA) is 88.3 Å². The van der Waals surface area contributed by atoms with Gasteiger partial charge in [0.1, 0.15) is 0 Å². The summed E-state index contributed by atoms with van der Waals surface area (Å²) in [7, 11) is -3.21. The highest BCUT2D eigenvalue weighted by atomic mass is 35.5. The quantitative estimate of drug-likeness (QED) is 0.641. The Morgan fingerprint density at radius 3 is 2.64 bits per heavy atom. The highest BCUT2D eigenvalue weighted by molar-refractivity contribution is 7.93. The summed E-state index contributed by atoms with van der Waals surface area (Å²) < 4.78 is 30.9. The standard InChI is InChI=1S/C18H16Cl2N4O3S/c19-14-8-13(9-15(20)10-14)17-22-18(27-23-17)21-11-12-3-1-4-16(7-12)24-5-2-6-28(24,25)26/h1,3-4,7-10H,2,5-6,11H2,(H,21,22,23). The molecule has 2 aromatic carbocycles. The number of hydrogen-bond donors (Lipinski definition) is 1. The third-order valence-electron chi connectivity index (χ3n) is 4.29. The van der Waals surface area contributed by atoms with Crippen LogP contribution in [0.4, 0.5) is 11.7 Å². The predicted octanol–water partition coefficient (Wildman–Crippen LogP) is 4.20. The molecule has 1 saturated heterocycles. The van der Waals surface area contributed by atoms with Crippen LogP contribution in [0, 0.1) is 0 Å². The number of hydrogen-bond acceptors (Lipinski definition) is 6. The van der Waals surface area contributed by atoms with Crippen molar-refractivity contribution in [1.82, 2.24) is 10.1 Å². The second-order valence-electron chi connectivity index (χ2n) is 6.35.